The van der Waals surface area contributed by atoms with Gasteiger partial charge in [0.1, 0.15) is 0 Å². The topological polar surface area (TPSA) is 78.5 Å². The average Bonchev–Trinajstić information content (AvgIpc) is 2.94. The maximum absolute atomic E-state index is 12.3. The van der Waals surface area contributed by atoms with Gasteiger partial charge in [0.05, 0.1) is 6.54 Å². The molecule has 26 heavy (non-hydrogen) atoms. The van der Waals surface area contributed by atoms with Crippen molar-refractivity contribution < 1.29 is 14.4 Å². The summed E-state index contributed by atoms with van der Waals surface area (Å²) in [5.74, 6) is 0.321. The van der Waals surface area contributed by atoms with Crippen molar-refractivity contribution in [2.24, 2.45) is 5.92 Å². The first-order chi connectivity index (χ1) is 12.1. The fourth-order valence-electron chi connectivity index (χ4n) is 3.47. The zero-order valence-corrected chi connectivity index (χ0v) is 15.6. The van der Waals surface area contributed by atoms with E-state index < -0.39 is 0 Å². The Balaban J connectivity index is 0.00000243. The number of piperidine rings is 1. The Kier molecular flexibility index (Phi) is 7.60. The molecule has 2 aliphatic rings. The Hall–Kier alpha value is -1.92. The van der Waals surface area contributed by atoms with Crippen LogP contribution in [0.1, 0.15) is 44.1 Å². The van der Waals surface area contributed by atoms with Crippen LogP contribution in [0.5, 0.6) is 0 Å². The quantitative estimate of drug-likeness (QED) is 0.744. The van der Waals surface area contributed by atoms with Gasteiger partial charge in [0.25, 0.3) is 0 Å². The molecule has 3 amide bonds. The van der Waals surface area contributed by atoms with Gasteiger partial charge in [-0.05, 0) is 49.9 Å². The molecule has 6 nitrogen and oxygen atoms in total. The smallest absolute Gasteiger partial charge is 0.229 e. The molecule has 0 aliphatic carbocycles. The average molecular weight is 380 g/mol. The van der Waals surface area contributed by atoms with E-state index in [0.29, 0.717) is 18.0 Å². The summed E-state index contributed by atoms with van der Waals surface area (Å²) in [5.41, 5.74) is 1.48. The second kappa shape index (κ2) is 9.69. The molecule has 2 heterocycles. The Morgan fingerprint density at radius 2 is 1.77 bits per heavy atom. The number of rotatable bonds is 6. The summed E-state index contributed by atoms with van der Waals surface area (Å²) >= 11 is 0. The molecule has 142 valence electrons. The molecule has 1 aromatic rings. The SMILES string of the molecule is Cl.O=C(CCC1CCNCC1)Nc1ccccc1CN1C(=O)CCC1=O. The molecule has 0 unspecified atom stereocenters. The molecule has 0 aromatic heterocycles. The van der Waals surface area contributed by atoms with E-state index in [4.69, 9.17) is 0 Å². The third-order valence-corrected chi connectivity index (χ3v) is 5.01. The van der Waals surface area contributed by atoms with Gasteiger partial charge in [-0.1, -0.05) is 18.2 Å². The van der Waals surface area contributed by atoms with Gasteiger partial charge in [-0.25, -0.2) is 0 Å². The molecule has 0 atom stereocenters. The van der Waals surface area contributed by atoms with E-state index in [9.17, 15) is 14.4 Å². The molecule has 7 heteroatoms. The van der Waals surface area contributed by atoms with Crippen molar-refractivity contribution in [3.05, 3.63) is 29.8 Å². The summed E-state index contributed by atoms with van der Waals surface area (Å²) in [6.07, 6.45) is 4.22. The Bertz CT molecular complexity index is 643. The van der Waals surface area contributed by atoms with Gasteiger partial charge in [-0.3, -0.25) is 19.3 Å². The van der Waals surface area contributed by atoms with E-state index >= 15 is 0 Å². The molecule has 0 radical (unpaired) electrons. The van der Waals surface area contributed by atoms with Crippen molar-refractivity contribution in [2.45, 2.75) is 45.1 Å². The van der Waals surface area contributed by atoms with E-state index in [1.165, 1.54) is 4.90 Å². The number of nitrogens with zero attached hydrogens (tertiary/aromatic N) is 1. The monoisotopic (exact) mass is 379 g/mol. The Labute approximate surface area is 160 Å². The summed E-state index contributed by atoms with van der Waals surface area (Å²) in [4.78, 5) is 37.2. The van der Waals surface area contributed by atoms with Crippen molar-refractivity contribution in [1.29, 1.82) is 0 Å². The van der Waals surface area contributed by atoms with E-state index in [1.54, 1.807) is 0 Å². The lowest BCUT2D eigenvalue weighted by atomic mass is 9.93. The number of carbonyl (C=O) groups is 3. The summed E-state index contributed by atoms with van der Waals surface area (Å²) in [5, 5.41) is 6.28. The van der Waals surface area contributed by atoms with Crippen molar-refractivity contribution in [3.8, 4) is 0 Å². The van der Waals surface area contributed by atoms with Crippen molar-refractivity contribution in [2.75, 3.05) is 18.4 Å². The van der Waals surface area contributed by atoms with Crippen LogP contribution in [0.2, 0.25) is 0 Å². The number of likely N-dealkylation sites (tertiary alicyclic amines) is 1. The summed E-state index contributed by atoms with van der Waals surface area (Å²) in [6, 6.07) is 7.37. The molecule has 2 saturated heterocycles. The van der Waals surface area contributed by atoms with Gasteiger partial charge in [0, 0.05) is 24.9 Å². The van der Waals surface area contributed by atoms with Crippen LogP contribution < -0.4 is 10.6 Å². The molecule has 2 fully saturated rings. The van der Waals surface area contributed by atoms with Crippen LogP contribution in [0.25, 0.3) is 0 Å². The van der Waals surface area contributed by atoms with Crippen LogP contribution in [0.3, 0.4) is 0 Å². The number of imide groups is 1. The van der Waals surface area contributed by atoms with Crippen LogP contribution in [-0.2, 0) is 20.9 Å². The first kappa shape index (κ1) is 20.4. The third kappa shape index (κ3) is 5.29. The molecule has 2 aliphatic heterocycles. The molecule has 3 rings (SSSR count). The number of hydrogen-bond acceptors (Lipinski definition) is 4. The van der Waals surface area contributed by atoms with E-state index in [2.05, 4.69) is 10.6 Å². The predicted octanol–water partition coefficient (Wildman–Crippen LogP) is 2.48. The van der Waals surface area contributed by atoms with Crippen LogP contribution in [0, 0.1) is 5.92 Å². The standard InChI is InChI=1S/C19H25N3O3.ClH/c23-17(6-5-14-9-11-20-12-10-14)21-16-4-2-1-3-15(16)13-22-18(24)7-8-19(22)25;/h1-4,14,20H,5-13H2,(H,21,23);1H. The van der Waals surface area contributed by atoms with E-state index in [0.717, 1.165) is 37.9 Å². The highest BCUT2D eigenvalue weighted by molar-refractivity contribution is 6.02. The maximum Gasteiger partial charge on any atom is 0.229 e. The lowest BCUT2D eigenvalue weighted by Crippen LogP contribution is -2.29. The lowest BCUT2D eigenvalue weighted by Gasteiger charge is -2.22. The minimum absolute atomic E-state index is 0. The van der Waals surface area contributed by atoms with E-state index in [1.807, 2.05) is 24.3 Å². The minimum atomic E-state index is -0.142. The molecule has 2 N–H and O–H groups in total. The van der Waals surface area contributed by atoms with Gasteiger partial charge in [-0.2, -0.15) is 0 Å². The lowest BCUT2D eigenvalue weighted by molar-refractivity contribution is -0.139. The van der Waals surface area contributed by atoms with Gasteiger partial charge >= 0.3 is 0 Å². The molecular formula is C19H26ClN3O3. The number of carbonyl (C=O) groups excluding carboxylic acids is 3. The Morgan fingerprint density at radius 3 is 2.46 bits per heavy atom. The normalized spacial score (nSPS) is 17.9. The van der Waals surface area contributed by atoms with Crippen LogP contribution >= 0.6 is 12.4 Å². The second-order valence-electron chi connectivity index (χ2n) is 6.81. The van der Waals surface area contributed by atoms with Crippen molar-refractivity contribution in [3.63, 3.8) is 0 Å². The van der Waals surface area contributed by atoms with Crippen LogP contribution in [0.15, 0.2) is 24.3 Å². The minimum Gasteiger partial charge on any atom is -0.326 e. The summed E-state index contributed by atoms with van der Waals surface area (Å²) < 4.78 is 0. The summed E-state index contributed by atoms with van der Waals surface area (Å²) in [6.45, 7) is 2.29. The Morgan fingerprint density at radius 1 is 1.12 bits per heavy atom. The fraction of sp³-hybridized carbons (Fsp3) is 0.526. The van der Waals surface area contributed by atoms with E-state index in [-0.39, 0.29) is 49.5 Å². The summed E-state index contributed by atoms with van der Waals surface area (Å²) in [7, 11) is 0. The zero-order valence-electron chi connectivity index (χ0n) is 14.8. The number of para-hydroxylation sites is 1. The van der Waals surface area contributed by atoms with Crippen LogP contribution in [0.4, 0.5) is 5.69 Å². The number of amides is 3. The van der Waals surface area contributed by atoms with Crippen LogP contribution in [-0.4, -0.2) is 35.7 Å². The highest BCUT2D eigenvalue weighted by Gasteiger charge is 2.29. The molecule has 1 aromatic carbocycles. The first-order valence-electron chi connectivity index (χ1n) is 9.05. The molecule has 0 spiro atoms. The zero-order chi connectivity index (χ0) is 17.6. The second-order valence-corrected chi connectivity index (χ2v) is 6.81. The maximum atomic E-state index is 12.3. The van der Waals surface area contributed by atoms with Gasteiger partial charge in [-0.15, -0.1) is 12.4 Å². The fourth-order valence-corrected chi connectivity index (χ4v) is 3.47. The predicted molar refractivity (Wildman–Crippen MR) is 102 cm³/mol. The first-order valence-corrected chi connectivity index (χ1v) is 9.05. The molecular weight excluding hydrogens is 354 g/mol. The number of hydrogen-bond donors (Lipinski definition) is 2. The molecule has 0 bridgehead atoms. The van der Waals surface area contributed by atoms with Crippen molar-refractivity contribution in [1.82, 2.24) is 10.2 Å². The number of benzene rings is 1. The largest absolute Gasteiger partial charge is 0.326 e. The number of halogens is 1. The number of nitrogens with one attached hydrogen (secondary N) is 2. The van der Waals surface area contributed by atoms with Crippen molar-refractivity contribution >= 4 is 35.8 Å². The van der Waals surface area contributed by atoms with Gasteiger partial charge < -0.3 is 10.6 Å². The van der Waals surface area contributed by atoms with Gasteiger partial charge in [0.15, 0.2) is 0 Å². The number of anilines is 1. The molecule has 0 saturated carbocycles. The van der Waals surface area contributed by atoms with Gasteiger partial charge in [0.2, 0.25) is 17.7 Å². The highest BCUT2D eigenvalue weighted by Crippen LogP contribution is 2.23. The highest BCUT2D eigenvalue weighted by atomic mass is 35.5. The third-order valence-electron chi connectivity index (χ3n) is 5.01.